The van der Waals surface area contributed by atoms with Gasteiger partial charge in [0.2, 0.25) is 0 Å². The summed E-state index contributed by atoms with van der Waals surface area (Å²) in [7, 11) is 0.664. The van der Waals surface area contributed by atoms with Gasteiger partial charge in [0.05, 0.1) is 9.13 Å². The molecule has 0 saturated heterocycles. The van der Waals surface area contributed by atoms with Gasteiger partial charge in [-0.3, -0.25) is 0 Å². The Labute approximate surface area is 145 Å². The number of rotatable bonds is 1. The Hall–Kier alpha value is -1.44. The molecule has 2 aliphatic carbocycles. The minimum absolute atomic E-state index is 0.269. The summed E-state index contributed by atoms with van der Waals surface area (Å²) in [6.07, 6.45) is 4.41. The summed E-state index contributed by atoms with van der Waals surface area (Å²) < 4.78 is 0. The van der Waals surface area contributed by atoms with E-state index in [1.807, 2.05) is 0 Å². The lowest BCUT2D eigenvalue weighted by molar-refractivity contribution is 0.623. The first-order valence-electron chi connectivity index (χ1n) is 8.13. The summed E-state index contributed by atoms with van der Waals surface area (Å²) in [5.41, 5.74) is 11.9. The molecule has 23 heavy (non-hydrogen) atoms. The number of halogens is 1. The maximum Gasteiger partial charge on any atom is 0.102 e. The molecule has 0 aromatic heterocycles. The van der Waals surface area contributed by atoms with Crippen LogP contribution in [0.2, 0.25) is 0 Å². The van der Waals surface area contributed by atoms with E-state index in [1.165, 1.54) is 44.2 Å². The van der Waals surface area contributed by atoms with Crippen LogP contribution in [0, 0.1) is 5.92 Å². The molecule has 0 saturated carbocycles. The summed E-state index contributed by atoms with van der Waals surface area (Å²) in [6.45, 7) is 8.99. The highest BCUT2D eigenvalue weighted by Gasteiger charge is 2.52. The Morgan fingerprint density at radius 1 is 1.00 bits per heavy atom. The molecule has 0 spiro atoms. The fourth-order valence-electron chi connectivity index (χ4n) is 4.38. The van der Waals surface area contributed by atoms with E-state index in [0.29, 0.717) is 9.13 Å². The van der Waals surface area contributed by atoms with Crippen LogP contribution in [0.1, 0.15) is 38.8 Å². The Balaban J connectivity index is 2.03. The molecule has 1 aromatic carbocycles. The van der Waals surface area contributed by atoms with Crippen molar-refractivity contribution in [2.75, 3.05) is 0 Å². The van der Waals surface area contributed by atoms with Crippen LogP contribution >= 0.6 is 11.6 Å². The largest absolute Gasteiger partial charge is 0.108 e. The van der Waals surface area contributed by atoms with E-state index in [1.54, 1.807) is 0 Å². The van der Waals surface area contributed by atoms with Crippen LogP contribution in [0.25, 0.3) is 5.57 Å². The highest BCUT2D eigenvalue weighted by atomic mass is 35.5. The van der Waals surface area contributed by atoms with Crippen molar-refractivity contribution < 1.29 is 0 Å². The first-order valence-corrected chi connectivity index (χ1v) is 9.58. The topological polar surface area (TPSA) is 0 Å². The van der Waals surface area contributed by atoms with Gasteiger partial charge < -0.3 is 0 Å². The molecule has 1 aliphatic heterocycles. The van der Waals surface area contributed by atoms with E-state index in [0.717, 1.165) is 0 Å². The minimum Gasteiger partial charge on any atom is -0.108 e. The lowest BCUT2D eigenvalue weighted by atomic mass is 9.79. The van der Waals surface area contributed by atoms with Gasteiger partial charge in [0, 0.05) is 5.92 Å². The lowest BCUT2D eigenvalue weighted by Gasteiger charge is -2.35. The van der Waals surface area contributed by atoms with Gasteiger partial charge in [-0.05, 0) is 60.7 Å². The van der Waals surface area contributed by atoms with Gasteiger partial charge in [0.15, 0.2) is 0 Å². The maximum absolute atomic E-state index is 7.53. The van der Waals surface area contributed by atoms with Crippen LogP contribution < -0.4 is 0 Å². The second-order valence-electron chi connectivity index (χ2n) is 6.77. The van der Waals surface area contributed by atoms with Gasteiger partial charge in [0.1, 0.15) is 4.87 Å². The van der Waals surface area contributed by atoms with Gasteiger partial charge in [-0.2, -0.15) is 0 Å². The van der Waals surface area contributed by atoms with Gasteiger partial charge in [-0.1, -0.05) is 53.3 Å². The summed E-state index contributed by atoms with van der Waals surface area (Å²) in [5.74, 6) is 0.269. The molecule has 1 radical (unpaired) electrons. The third-order valence-electron chi connectivity index (χ3n) is 5.84. The summed E-state index contributed by atoms with van der Waals surface area (Å²) >= 11 is 7.53. The van der Waals surface area contributed by atoms with Crippen molar-refractivity contribution in [3.8, 4) is 0 Å². The SMILES string of the molecule is CC1=C(C)C(C2(Cl)C3=[Si]C=CC=C3c3ccccc32)C(C)=C1C. The van der Waals surface area contributed by atoms with Crippen molar-refractivity contribution in [2.24, 2.45) is 5.92 Å². The first kappa shape index (κ1) is 15.1. The van der Waals surface area contributed by atoms with Gasteiger partial charge in [-0.15, -0.1) is 11.6 Å². The molecule has 1 aromatic rings. The van der Waals surface area contributed by atoms with Crippen LogP contribution in [-0.2, 0) is 4.87 Å². The summed E-state index contributed by atoms with van der Waals surface area (Å²) in [6, 6.07) is 8.69. The van der Waals surface area contributed by atoms with Crippen LogP contribution in [0.5, 0.6) is 0 Å². The summed E-state index contributed by atoms with van der Waals surface area (Å²) in [5, 5.41) is 1.40. The predicted molar refractivity (Wildman–Crippen MR) is 102 cm³/mol. The number of benzene rings is 1. The standard InChI is InChI=1S/C21H20ClSi/c1-12-13(2)15(4)19(14(12)3)21(22)18-10-6-5-8-16(18)17-9-7-11-23-20(17)21/h5-11,19H,1-4H3. The zero-order valence-corrected chi connectivity index (χ0v) is 15.8. The van der Waals surface area contributed by atoms with Crippen molar-refractivity contribution in [3.63, 3.8) is 0 Å². The van der Waals surface area contributed by atoms with Gasteiger partial charge in [-0.25, -0.2) is 0 Å². The molecule has 4 rings (SSSR count). The highest BCUT2D eigenvalue weighted by molar-refractivity contribution is 6.76. The number of allylic oxidation sites excluding steroid dienone is 7. The second kappa shape index (κ2) is 5.02. The van der Waals surface area contributed by atoms with Gasteiger partial charge in [0.25, 0.3) is 0 Å². The van der Waals surface area contributed by atoms with E-state index in [4.69, 9.17) is 11.6 Å². The molecular weight excluding hydrogens is 316 g/mol. The van der Waals surface area contributed by atoms with Crippen molar-refractivity contribution >= 4 is 31.5 Å². The molecule has 1 unspecified atom stereocenters. The zero-order chi connectivity index (χ0) is 16.4. The second-order valence-corrected chi connectivity index (χ2v) is 8.48. The predicted octanol–water partition coefficient (Wildman–Crippen LogP) is 5.22. The Kier molecular flexibility index (Phi) is 3.30. The van der Waals surface area contributed by atoms with E-state index in [-0.39, 0.29) is 5.92 Å². The molecule has 115 valence electrons. The Bertz CT molecular complexity index is 855. The molecule has 0 bridgehead atoms. The molecule has 3 aliphatic rings. The molecule has 0 nitrogen and oxygen atoms in total. The van der Waals surface area contributed by atoms with Gasteiger partial charge >= 0.3 is 0 Å². The molecule has 2 heteroatoms. The van der Waals surface area contributed by atoms with Crippen LogP contribution in [0.15, 0.2) is 64.4 Å². The molecule has 0 N–H and O–H groups in total. The normalized spacial score (nSPS) is 26.5. The fraction of sp³-hybridized carbons (Fsp3) is 0.286. The Morgan fingerprint density at radius 3 is 2.35 bits per heavy atom. The quantitative estimate of drug-likeness (QED) is 0.487. The number of fused-ring (bicyclic) bond motifs is 3. The highest BCUT2D eigenvalue weighted by Crippen LogP contribution is 2.57. The molecule has 1 heterocycles. The third kappa shape index (κ3) is 1.81. The van der Waals surface area contributed by atoms with Crippen molar-refractivity contribution in [3.05, 3.63) is 75.5 Å². The van der Waals surface area contributed by atoms with Crippen LogP contribution in [-0.4, -0.2) is 14.3 Å². The molecule has 0 fully saturated rings. The smallest absolute Gasteiger partial charge is 0.102 e. The van der Waals surface area contributed by atoms with Crippen LogP contribution in [0.3, 0.4) is 0 Å². The summed E-state index contributed by atoms with van der Waals surface area (Å²) in [4.78, 5) is -0.432. The Morgan fingerprint density at radius 2 is 1.65 bits per heavy atom. The average molecular weight is 336 g/mol. The van der Waals surface area contributed by atoms with Crippen LogP contribution in [0.4, 0.5) is 0 Å². The first-order chi connectivity index (χ1) is 11.0. The number of hydrogen-bond acceptors (Lipinski definition) is 0. The van der Waals surface area contributed by atoms with E-state index < -0.39 is 4.87 Å². The fourth-order valence-corrected chi connectivity index (χ4v) is 6.36. The van der Waals surface area contributed by atoms with E-state index in [9.17, 15) is 0 Å². The van der Waals surface area contributed by atoms with E-state index in [2.05, 4.69) is 69.8 Å². The lowest BCUT2D eigenvalue weighted by Crippen LogP contribution is -2.37. The van der Waals surface area contributed by atoms with E-state index >= 15 is 0 Å². The molecular formula is C21H20ClSi. The number of hydrogen-bond donors (Lipinski definition) is 0. The maximum atomic E-state index is 7.53. The average Bonchev–Trinajstić information content (AvgIpc) is 2.94. The van der Waals surface area contributed by atoms with Crippen molar-refractivity contribution in [2.45, 2.75) is 32.6 Å². The number of alkyl halides is 1. The zero-order valence-electron chi connectivity index (χ0n) is 14.0. The molecule has 1 atom stereocenters. The monoisotopic (exact) mass is 335 g/mol. The minimum atomic E-state index is -0.432. The third-order valence-corrected chi connectivity index (χ3v) is 7.92. The van der Waals surface area contributed by atoms with Crippen molar-refractivity contribution in [1.82, 2.24) is 0 Å². The van der Waals surface area contributed by atoms with Crippen molar-refractivity contribution in [1.29, 1.82) is 0 Å². The molecule has 0 amide bonds.